The SMILES string of the molecule is CCSC1=[NH+]CCN1. The second-order valence-electron chi connectivity index (χ2n) is 1.62. The molecule has 3 heteroatoms. The lowest BCUT2D eigenvalue weighted by Gasteiger charge is -1.86. The highest BCUT2D eigenvalue weighted by Gasteiger charge is 2.09. The van der Waals surface area contributed by atoms with E-state index >= 15 is 0 Å². The number of hydrogen-bond donors (Lipinski definition) is 2. The monoisotopic (exact) mass is 131 g/mol. The maximum atomic E-state index is 3.23. The molecule has 2 N–H and O–H groups in total. The van der Waals surface area contributed by atoms with Crippen molar-refractivity contribution in [3.05, 3.63) is 0 Å². The van der Waals surface area contributed by atoms with Gasteiger partial charge in [0.05, 0.1) is 0 Å². The summed E-state index contributed by atoms with van der Waals surface area (Å²) in [4.78, 5) is 3.23. The van der Waals surface area contributed by atoms with Gasteiger partial charge in [0.15, 0.2) is 0 Å². The minimum absolute atomic E-state index is 1.09. The van der Waals surface area contributed by atoms with Crippen LogP contribution in [-0.2, 0) is 0 Å². The highest BCUT2D eigenvalue weighted by atomic mass is 32.2. The first kappa shape index (κ1) is 5.95. The van der Waals surface area contributed by atoms with E-state index in [1.807, 2.05) is 11.8 Å². The van der Waals surface area contributed by atoms with Crippen LogP contribution < -0.4 is 10.3 Å². The van der Waals surface area contributed by atoms with Gasteiger partial charge in [-0.25, -0.2) is 0 Å². The van der Waals surface area contributed by atoms with Crippen LogP contribution >= 0.6 is 11.8 Å². The lowest BCUT2D eigenvalue weighted by atomic mass is 10.7. The van der Waals surface area contributed by atoms with Crippen LogP contribution in [0.3, 0.4) is 0 Å². The zero-order valence-corrected chi connectivity index (χ0v) is 5.85. The summed E-state index contributed by atoms with van der Waals surface area (Å²) in [5.41, 5.74) is 0. The molecule has 0 aromatic rings. The molecular weight excluding hydrogens is 120 g/mol. The van der Waals surface area contributed by atoms with Crippen LogP contribution in [-0.4, -0.2) is 24.0 Å². The summed E-state index contributed by atoms with van der Waals surface area (Å²) in [7, 11) is 0. The first-order valence-corrected chi connectivity index (χ1v) is 3.89. The smallest absolute Gasteiger partial charge is 0.265 e. The maximum Gasteiger partial charge on any atom is 0.304 e. The van der Waals surface area contributed by atoms with Crippen LogP contribution in [0.5, 0.6) is 0 Å². The second-order valence-corrected chi connectivity index (χ2v) is 2.89. The molecule has 0 amide bonds. The summed E-state index contributed by atoms with van der Waals surface area (Å²) in [5.74, 6) is 1.15. The Morgan fingerprint density at radius 2 is 2.75 bits per heavy atom. The van der Waals surface area contributed by atoms with Gasteiger partial charge in [0, 0.05) is 5.75 Å². The molecule has 46 valence electrons. The van der Waals surface area contributed by atoms with Crippen molar-refractivity contribution in [2.24, 2.45) is 0 Å². The topological polar surface area (TPSA) is 26.0 Å². The molecule has 2 nitrogen and oxygen atoms in total. The molecule has 1 aliphatic heterocycles. The van der Waals surface area contributed by atoms with Gasteiger partial charge in [0.2, 0.25) is 0 Å². The van der Waals surface area contributed by atoms with Crippen molar-refractivity contribution < 1.29 is 4.99 Å². The fourth-order valence-corrected chi connectivity index (χ4v) is 1.36. The molecule has 0 aromatic carbocycles. The third kappa shape index (κ3) is 1.40. The highest BCUT2D eigenvalue weighted by molar-refractivity contribution is 8.13. The molecule has 0 fully saturated rings. The zero-order valence-electron chi connectivity index (χ0n) is 5.03. The molecule has 1 aliphatic rings. The molecule has 0 atom stereocenters. The first-order valence-electron chi connectivity index (χ1n) is 2.91. The molecule has 0 bridgehead atoms. The van der Waals surface area contributed by atoms with E-state index < -0.39 is 0 Å². The largest absolute Gasteiger partial charge is 0.304 e. The Balaban J connectivity index is 2.23. The highest BCUT2D eigenvalue weighted by Crippen LogP contribution is 1.94. The van der Waals surface area contributed by atoms with Gasteiger partial charge in [-0.05, 0) is 11.8 Å². The molecule has 8 heavy (non-hydrogen) atoms. The molecular formula is C5H11N2S+. The van der Waals surface area contributed by atoms with Crippen LogP contribution in [0.1, 0.15) is 6.92 Å². The molecule has 0 saturated heterocycles. The van der Waals surface area contributed by atoms with E-state index in [2.05, 4.69) is 17.2 Å². The molecule has 1 rings (SSSR count). The summed E-state index contributed by atoms with van der Waals surface area (Å²) < 4.78 is 0. The van der Waals surface area contributed by atoms with Crippen LogP contribution in [0.4, 0.5) is 0 Å². The number of thioether (sulfide) groups is 1. The van der Waals surface area contributed by atoms with Gasteiger partial charge in [-0.2, -0.15) is 0 Å². The second kappa shape index (κ2) is 2.97. The number of nitrogens with one attached hydrogen (secondary N) is 2. The van der Waals surface area contributed by atoms with E-state index in [9.17, 15) is 0 Å². The number of rotatable bonds is 1. The van der Waals surface area contributed by atoms with Crippen molar-refractivity contribution in [2.45, 2.75) is 6.92 Å². The van der Waals surface area contributed by atoms with Gasteiger partial charge in [0.25, 0.3) is 0 Å². The number of hydrogen-bond acceptors (Lipinski definition) is 2. The quantitative estimate of drug-likeness (QED) is 0.466. The molecule has 0 spiro atoms. The summed E-state index contributed by atoms with van der Waals surface area (Å²) >= 11 is 1.83. The summed E-state index contributed by atoms with van der Waals surface area (Å²) in [5, 5.41) is 4.47. The van der Waals surface area contributed by atoms with E-state index in [-0.39, 0.29) is 0 Å². The Hall–Kier alpha value is -0.180. The van der Waals surface area contributed by atoms with Crippen molar-refractivity contribution in [1.29, 1.82) is 0 Å². The molecule has 1 heterocycles. The van der Waals surface area contributed by atoms with Gasteiger partial charge < -0.3 is 0 Å². The van der Waals surface area contributed by atoms with Crippen LogP contribution in [0.15, 0.2) is 0 Å². The van der Waals surface area contributed by atoms with Gasteiger partial charge in [-0.3, -0.25) is 10.3 Å². The first-order chi connectivity index (χ1) is 3.93. The summed E-state index contributed by atoms with van der Waals surface area (Å²) in [6.45, 7) is 4.32. The summed E-state index contributed by atoms with van der Waals surface area (Å²) in [6.07, 6.45) is 0. The Morgan fingerprint density at radius 1 is 1.88 bits per heavy atom. The van der Waals surface area contributed by atoms with Gasteiger partial charge in [0.1, 0.15) is 13.1 Å². The van der Waals surface area contributed by atoms with E-state index in [4.69, 9.17) is 0 Å². The molecule has 0 radical (unpaired) electrons. The van der Waals surface area contributed by atoms with Gasteiger partial charge >= 0.3 is 5.17 Å². The van der Waals surface area contributed by atoms with Crippen molar-refractivity contribution in [2.75, 3.05) is 18.8 Å². The third-order valence-corrected chi connectivity index (χ3v) is 1.85. The summed E-state index contributed by atoms with van der Waals surface area (Å²) in [6, 6.07) is 0. The standard InChI is InChI=1S/C5H10N2S/c1-2-8-5-6-3-4-7-5/h2-4H2,1H3,(H,6,7)/p+1. The Kier molecular flexibility index (Phi) is 2.21. The molecule has 0 aliphatic carbocycles. The average Bonchev–Trinajstić information content (AvgIpc) is 2.19. The fraction of sp³-hybridized carbons (Fsp3) is 0.800. The normalized spacial score (nSPS) is 17.9. The van der Waals surface area contributed by atoms with Crippen molar-refractivity contribution >= 4 is 16.9 Å². The predicted octanol–water partition coefficient (Wildman–Crippen LogP) is -1.22. The molecule has 0 saturated carbocycles. The fourth-order valence-electron chi connectivity index (χ4n) is 0.661. The van der Waals surface area contributed by atoms with Gasteiger partial charge in [-0.15, -0.1) is 0 Å². The van der Waals surface area contributed by atoms with Crippen molar-refractivity contribution in [3.63, 3.8) is 0 Å². The minimum Gasteiger partial charge on any atom is -0.265 e. The van der Waals surface area contributed by atoms with E-state index in [0.717, 1.165) is 18.8 Å². The average molecular weight is 131 g/mol. The predicted molar refractivity (Wildman–Crippen MR) is 37.0 cm³/mol. The van der Waals surface area contributed by atoms with Crippen molar-refractivity contribution in [3.8, 4) is 0 Å². The van der Waals surface area contributed by atoms with Crippen LogP contribution in [0, 0.1) is 0 Å². The van der Waals surface area contributed by atoms with Crippen LogP contribution in [0.25, 0.3) is 0 Å². The Labute approximate surface area is 53.8 Å². The lowest BCUT2D eigenvalue weighted by molar-refractivity contribution is -0.441. The maximum absolute atomic E-state index is 3.23. The van der Waals surface area contributed by atoms with Gasteiger partial charge in [-0.1, -0.05) is 6.92 Å². The molecule has 0 aromatic heterocycles. The Bertz CT molecular complexity index is 101. The Morgan fingerprint density at radius 3 is 3.25 bits per heavy atom. The molecule has 0 unspecified atom stereocenters. The number of amidine groups is 1. The zero-order chi connectivity index (χ0) is 5.82. The lowest BCUT2D eigenvalue weighted by Crippen LogP contribution is -2.69. The third-order valence-electron chi connectivity index (χ3n) is 0.985. The van der Waals surface area contributed by atoms with Crippen molar-refractivity contribution in [1.82, 2.24) is 5.32 Å². The van der Waals surface area contributed by atoms with E-state index in [1.165, 1.54) is 5.17 Å². The van der Waals surface area contributed by atoms with E-state index in [0.29, 0.717) is 0 Å². The van der Waals surface area contributed by atoms with E-state index in [1.54, 1.807) is 0 Å². The van der Waals surface area contributed by atoms with Crippen LogP contribution in [0.2, 0.25) is 0 Å². The minimum atomic E-state index is 1.09.